The summed E-state index contributed by atoms with van der Waals surface area (Å²) in [7, 11) is 0. The van der Waals surface area contributed by atoms with Crippen molar-refractivity contribution in [1.29, 1.82) is 0 Å². The van der Waals surface area contributed by atoms with E-state index >= 15 is 0 Å². The van der Waals surface area contributed by atoms with E-state index in [0.717, 1.165) is 35.5 Å². The number of rotatable bonds is 2. The van der Waals surface area contributed by atoms with E-state index in [1.807, 2.05) is 17.6 Å². The van der Waals surface area contributed by atoms with Crippen LogP contribution in [0.15, 0.2) is 23.8 Å². The van der Waals surface area contributed by atoms with Gasteiger partial charge in [0.15, 0.2) is 0 Å². The highest BCUT2D eigenvalue weighted by molar-refractivity contribution is 7.13. The third-order valence-electron chi connectivity index (χ3n) is 4.78. The monoisotopic (exact) mass is 332 g/mol. The van der Waals surface area contributed by atoms with Crippen molar-refractivity contribution in [2.24, 2.45) is 0 Å². The first-order valence-corrected chi connectivity index (χ1v) is 8.83. The van der Waals surface area contributed by atoms with E-state index in [0.29, 0.717) is 12.1 Å². The summed E-state index contributed by atoms with van der Waals surface area (Å²) in [5, 5.41) is 12.4. The van der Waals surface area contributed by atoms with Crippen LogP contribution in [-0.4, -0.2) is 46.2 Å². The van der Waals surface area contributed by atoms with Gasteiger partial charge in [0.1, 0.15) is 0 Å². The zero-order valence-corrected chi connectivity index (χ0v) is 13.2. The van der Waals surface area contributed by atoms with E-state index < -0.39 is 0 Å². The van der Waals surface area contributed by atoms with Crippen LogP contribution in [-0.2, 0) is 0 Å². The van der Waals surface area contributed by atoms with Crippen LogP contribution in [0.25, 0.3) is 10.4 Å². The van der Waals surface area contributed by atoms with Crippen molar-refractivity contribution < 1.29 is 4.79 Å². The molecule has 6 heteroatoms. The average Bonchev–Trinajstić information content (AvgIpc) is 3.24. The quantitative estimate of drug-likeness (QED) is 0.888. The largest absolute Gasteiger partial charge is 0.333 e. The fraction of sp³-hybridized carbons (Fsp3) is 0.529. The van der Waals surface area contributed by atoms with E-state index in [1.165, 1.54) is 19.3 Å². The van der Waals surface area contributed by atoms with Gasteiger partial charge in [-0.25, -0.2) is 0 Å². The Kier molecular flexibility index (Phi) is 4.82. The first kappa shape index (κ1) is 16.2. The molecule has 2 unspecified atom stereocenters. The van der Waals surface area contributed by atoms with Crippen molar-refractivity contribution in [1.82, 2.24) is 20.4 Å². The van der Waals surface area contributed by atoms with E-state index in [1.54, 1.807) is 17.5 Å². The number of piperazine rings is 1. The van der Waals surface area contributed by atoms with Crippen molar-refractivity contribution >= 4 is 17.2 Å². The maximum absolute atomic E-state index is 12.9. The lowest BCUT2D eigenvalue weighted by atomic mass is 9.87. The molecular weight excluding hydrogens is 308 g/mol. The Balaban J connectivity index is 0.00000156. The Morgan fingerprint density at radius 2 is 2.22 bits per heavy atom. The van der Waals surface area contributed by atoms with Crippen molar-refractivity contribution in [3.05, 3.63) is 29.4 Å². The zero-order chi connectivity index (χ0) is 14.9. The number of hydrogen-bond acceptors (Lipinski definition) is 4. The molecule has 2 atom stereocenters. The molecule has 2 aromatic rings. The lowest BCUT2D eigenvalue weighted by Gasteiger charge is -2.44. The number of H-pyrrole nitrogens is 1. The lowest BCUT2D eigenvalue weighted by Crippen LogP contribution is -2.60. The van der Waals surface area contributed by atoms with Crippen LogP contribution >= 0.6 is 11.3 Å². The number of fused-ring (bicyclic) bond motifs is 1. The molecule has 0 spiro atoms. The molecule has 1 saturated heterocycles. The second-order valence-corrected chi connectivity index (χ2v) is 7.01. The number of carbonyl (C=O) groups is 1. The van der Waals surface area contributed by atoms with E-state index in [2.05, 4.69) is 20.4 Å². The van der Waals surface area contributed by atoms with Gasteiger partial charge in [0.25, 0.3) is 5.91 Å². The number of nitrogens with zero attached hydrogens (tertiary/aromatic N) is 2. The summed E-state index contributed by atoms with van der Waals surface area (Å²) in [6.45, 7) is 1.72. The number of carbonyl (C=O) groups excluding carboxylic acids is 1. The Labute approximate surface area is 141 Å². The Morgan fingerprint density at radius 3 is 3.04 bits per heavy atom. The molecule has 0 aromatic carbocycles. The molecule has 1 aliphatic carbocycles. The molecule has 2 aliphatic rings. The molecule has 2 N–H and O–H groups in total. The Hall–Kier alpha value is -1.66. The lowest BCUT2D eigenvalue weighted by molar-refractivity contribution is 0.0490. The molecule has 124 valence electrons. The number of thiophene rings is 1. The van der Waals surface area contributed by atoms with Crippen LogP contribution in [0.1, 0.15) is 43.5 Å². The number of amides is 1. The maximum Gasteiger partial charge on any atom is 0.255 e. The van der Waals surface area contributed by atoms with Gasteiger partial charge < -0.3 is 10.2 Å². The molecule has 1 amide bonds. The summed E-state index contributed by atoms with van der Waals surface area (Å²) in [6, 6.07) is 2.85. The highest BCUT2D eigenvalue weighted by atomic mass is 32.1. The molecule has 1 aliphatic heterocycles. The van der Waals surface area contributed by atoms with Crippen LogP contribution in [0.5, 0.6) is 0 Å². The van der Waals surface area contributed by atoms with Crippen LogP contribution < -0.4 is 5.32 Å². The molecule has 2 aromatic heterocycles. The van der Waals surface area contributed by atoms with Crippen molar-refractivity contribution in [3.8, 4) is 10.4 Å². The number of aromatic nitrogens is 2. The van der Waals surface area contributed by atoms with Crippen LogP contribution in [0.3, 0.4) is 0 Å². The highest BCUT2D eigenvalue weighted by Crippen LogP contribution is 2.30. The van der Waals surface area contributed by atoms with Crippen molar-refractivity contribution in [3.63, 3.8) is 0 Å². The van der Waals surface area contributed by atoms with Crippen LogP contribution in [0.4, 0.5) is 0 Å². The predicted molar refractivity (Wildman–Crippen MR) is 93.7 cm³/mol. The molecule has 0 bridgehead atoms. The summed E-state index contributed by atoms with van der Waals surface area (Å²) in [5.74, 6) is 0.185. The summed E-state index contributed by atoms with van der Waals surface area (Å²) < 4.78 is 0. The Bertz CT molecular complexity index is 649. The smallest absolute Gasteiger partial charge is 0.255 e. The van der Waals surface area contributed by atoms with Crippen molar-refractivity contribution in [2.75, 3.05) is 13.1 Å². The van der Waals surface area contributed by atoms with Gasteiger partial charge >= 0.3 is 0 Å². The first-order valence-electron chi connectivity index (χ1n) is 7.95. The summed E-state index contributed by atoms with van der Waals surface area (Å²) in [4.78, 5) is 16.1. The van der Waals surface area contributed by atoms with E-state index in [-0.39, 0.29) is 13.3 Å². The van der Waals surface area contributed by atoms with Crippen LogP contribution in [0, 0.1) is 0 Å². The zero-order valence-electron chi connectivity index (χ0n) is 12.4. The third-order valence-corrected chi connectivity index (χ3v) is 5.76. The van der Waals surface area contributed by atoms with Gasteiger partial charge in [-0.15, -0.1) is 11.3 Å². The summed E-state index contributed by atoms with van der Waals surface area (Å²) >= 11 is 1.61. The minimum atomic E-state index is 0. The van der Waals surface area contributed by atoms with E-state index in [9.17, 15) is 4.79 Å². The van der Waals surface area contributed by atoms with Crippen molar-refractivity contribution in [2.45, 2.75) is 45.2 Å². The second kappa shape index (κ2) is 6.84. The first-order chi connectivity index (χ1) is 10.8. The number of hydrogen-bond donors (Lipinski definition) is 2. The van der Waals surface area contributed by atoms with E-state index in [4.69, 9.17) is 0 Å². The third kappa shape index (κ3) is 3.05. The van der Waals surface area contributed by atoms with Gasteiger partial charge in [0.2, 0.25) is 0 Å². The predicted octanol–water partition coefficient (Wildman–Crippen LogP) is 3.13. The molecular formula is C17H24N4OS. The molecule has 0 radical (unpaired) electrons. The standard InChI is InChI=1S/C16H20N4OS.CH4/c21-16(11-7-15(22-10-11)12-8-18-19-9-12)20-6-5-17-13-3-1-2-4-14(13)20;/h7-10,13-14,17H,1-6H2,(H,18,19);1H4. The fourth-order valence-corrected chi connectivity index (χ4v) is 4.53. The number of nitrogens with one attached hydrogen (secondary N) is 2. The maximum atomic E-state index is 12.9. The fourth-order valence-electron chi connectivity index (χ4n) is 3.66. The Morgan fingerprint density at radius 1 is 1.35 bits per heavy atom. The molecule has 23 heavy (non-hydrogen) atoms. The second-order valence-electron chi connectivity index (χ2n) is 6.10. The van der Waals surface area contributed by atoms with Gasteiger partial charge in [-0.1, -0.05) is 20.3 Å². The van der Waals surface area contributed by atoms with Gasteiger partial charge in [-0.2, -0.15) is 5.10 Å². The number of aromatic amines is 1. The SMILES string of the molecule is C.O=C(c1csc(-c2cn[nH]c2)c1)N1CCNC2CCCCC21. The topological polar surface area (TPSA) is 61.0 Å². The summed E-state index contributed by atoms with van der Waals surface area (Å²) in [5.41, 5.74) is 1.85. The average molecular weight is 332 g/mol. The highest BCUT2D eigenvalue weighted by Gasteiger charge is 2.36. The minimum Gasteiger partial charge on any atom is -0.333 e. The molecule has 3 heterocycles. The van der Waals surface area contributed by atoms with Gasteiger partial charge in [-0.3, -0.25) is 9.89 Å². The summed E-state index contributed by atoms with van der Waals surface area (Å²) in [6.07, 6.45) is 8.49. The molecule has 1 saturated carbocycles. The molecule has 2 fully saturated rings. The van der Waals surface area contributed by atoms with Gasteiger partial charge in [0.05, 0.1) is 11.8 Å². The normalized spacial score (nSPS) is 23.9. The van der Waals surface area contributed by atoms with Gasteiger partial charge in [-0.05, 0) is 18.9 Å². The molecule has 4 rings (SSSR count). The minimum absolute atomic E-state index is 0. The van der Waals surface area contributed by atoms with Crippen LogP contribution in [0.2, 0.25) is 0 Å². The van der Waals surface area contributed by atoms with Gasteiger partial charge in [0, 0.05) is 47.2 Å². The molecule has 5 nitrogen and oxygen atoms in total.